The Morgan fingerprint density at radius 2 is 1.31 bits per heavy atom. The fraction of sp³-hybridized carbons (Fsp3) is 1.00. The quantitative estimate of drug-likeness (QED) is 0.468. The van der Waals surface area contributed by atoms with Crippen LogP contribution in [-0.4, -0.2) is 47.2 Å². The van der Waals surface area contributed by atoms with E-state index in [1.54, 1.807) is 0 Å². The summed E-state index contributed by atoms with van der Waals surface area (Å²) < 4.78 is 0. The van der Waals surface area contributed by atoms with Gasteiger partial charge in [-0.25, -0.2) is 0 Å². The monoisotopic (exact) mass is 233 g/mol. The van der Waals surface area contributed by atoms with E-state index in [1.165, 1.54) is 0 Å². The van der Waals surface area contributed by atoms with Gasteiger partial charge < -0.3 is 20.6 Å². The topological polar surface area (TPSA) is 72.7 Å². The van der Waals surface area contributed by atoms with Gasteiger partial charge in [0, 0.05) is 18.6 Å². The van der Waals surface area contributed by atoms with Crippen molar-refractivity contribution in [2.24, 2.45) is 5.41 Å². The molecule has 0 saturated heterocycles. The van der Waals surface area contributed by atoms with Crippen molar-refractivity contribution in [3.05, 3.63) is 0 Å². The molecule has 0 atom stereocenters. The fourth-order valence-electron chi connectivity index (χ4n) is 1.66. The van der Waals surface area contributed by atoms with Crippen molar-refractivity contribution in [3.63, 3.8) is 0 Å². The van der Waals surface area contributed by atoms with Crippen LogP contribution in [0.3, 0.4) is 0 Å². The van der Waals surface area contributed by atoms with Crippen LogP contribution in [0.1, 0.15) is 40.0 Å². The van der Waals surface area contributed by atoms with Crippen LogP contribution in [0, 0.1) is 5.41 Å². The molecule has 4 nitrogen and oxygen atoms in total. The Kier molecular flexibility index (Phi) is 7.15. The van der Waals surface area contributed by atoms with Crippen molar-refractivity contribution in [3.8, 4) is 0 Å². The molecule has 0 amide bonds. The number of aliphatic hydroxyl groups excluding tert-OH is 3. The molecule has 0 aliphatic rings. The van der Waals surface area contributed by atoms with Crippen molar-refractivity contribution >= 4 is 0 Å². The maximum atomic E-state index is 9.43. The summed E-state index contributed by atoms with van der Waals surface area (Å²) in [6, 6.07) is 0. The SMILES string of the molecule is CCC(CC)(CO)CNC(CC)(CO)CO. The second-order valence-corrected chi connectivity index (χ2v) is 4.67. The van der Waals surface area contributed by atoms with Gasteiger partial charge in [-0.1, -0.05) is 20.8 Å². The van der Waals surface area contributed by atoms with Crippen LogP contribution in [0.15, 0.2) is 0 Å². The lowest BCUT2D eigenvalue weighted by atomic mass is 9.82. The van der Waals surface area contributed by atoms with Crippen molar-refractivity contribution in [1.29, 1.82) is 0 Å². The van der Waals surface area contributed by atoms with E-state index < -0.39 is 5.54 Å². The molecule has 0 spiro atoms. The standard InChI is InChI=1S/C12H27NO3/c1-4-11(5-2,8-14)7-13-12(6-3,9-15)10-16/h13-16H,4-10H2,1-3H3. The molecule has 0 aliphatic heterocycles. The summed E-state index contributed by atoms with van der Waals surface area (Å²) in [4.78, 5) is 0. The Morgan fingerprint density at radius 3 is 1.56 bits per heavy atom. The highest BCUT2D eigenvalue weighted by Crippen LogP contribution is 2.25. The van der Waals surface area contributed by atoms with Crippen molar-refractivity contribution < 1.29 is 15.3 Å². The number of nitrogens with one attached hydrogen (secondary N) is 1. The summed E-state index contributed by atoms with van der Waals surface area (Å²) in [7, 11) is 0. The average Bonchev–Trinajstić information content (AvgIpc) is 2.37. The van der Waals surface area contributed by atoms with Crippen LogP contribution in [-0.2, 0) is 0 Å². The summed E-state index contributed by atoms with van der Waals surface area (Å²) in [5, 5.41) is 31.3. The molecule has 0 aromatic carbocycles. The lowest BCUT2D eigenvalue weighted by molar-refractivity contribution is 0.0544. The minimum atomic E-state index is -0.620. The first-order valence-corrected chi connectivity index (χ1v) is 6.15. The third kappa shape index (κ3) is 3.70. The predicted molar refractivity (Wildman–Crippen MR) is 65.3 cm³/mol. The van der Waals surface area contributed by atoms with Crippen LogP contribution in [0.5, 0.6) is 0 Å². The van der Waals surface area contributed by atoms with Gasteiger partial charge >= 0.3 is 0 Å². The Hall–Kier alpha value is -0.160. The molecular formula is C12H27NO3. The molecule has 0 saturated carbocycles. The van der Waals surface area contributed by atoms with Gasteiger partial charge in [0.15, 0.2) is 0 Å². The average molecular weight is 233 g/mol. The molecule has 4 N–H and O–H groups in total. The first kappa shape index (κ1) is 15.8. The van der Waals surface area contributed by atoms with Gasteiger partial charge in [0.1, 0.15) is 0 Å². The molecule has 4 heteroatoms. The molecule has 0 unspecified atom stereocenters. The highest BCUT2D eigenvalue weighted by molar-refractivity contribution is 4.89. The van der Waals surface area contributed by atoms with Gasteiger partial charge in [-0.15, -0.1) is 0 Å². The summed E-state index contributed by atoms with van der Waals surface area (Å²) in [5.74, 6) is 0. The van der Waals surface area contributed by atoms with Gasteiger partial charge in [0.25, 0.3) is 0 Å². The summed E-state index contributed by atoms with van der Waals surface area (Å²) >= 11 is 0. The molecule has 98 valence electrons. The third-order valence-corrected chi connectivity index (χ3v) is 3.96. The van der Waals surface area contributed by atoms with Crippen molar-refractivity contribution in [1.82, 2.24) is 5.32 Å². The van der Waals surface area contributed by atoms with E-state index in [-0.39, 0.29) is 25.2 Å². The highest BCUT2D eigenvalue weighted by atomic mass is 16.3. The van der Waals surface area contributed by atoms with E-state index in [4.69, 9.17) is 0 Å². The highest BCUT2D eigenvalue weighted by Gasteiger charge is 2.31. The zero-order valence-electron chi connectivity index (χ0n) is 10.8. The molecule has 0 aliphatic carbocycles. The summed E-state index contributed by atoms with van der Waals surface area (Å²) in [5.41, 5.74) is -0.768. The lowest BCUT2D eigenvalue weighted by Crippen LogP contribution is -2.55. The van der Waals surface area contributed by atoms with Crippen LogP contribution >= 0.6 is 0 Å². The Labute approximate surface area is 98.7 Å². The van der Waals surface area contributed by atoms with E-state index in [0.717, 1.165) is 12.8 Å². The maximum Gasteiger partial charge on any atom is 0.0645 e. The lowest BCUT2D eigenvalue weighted by Gasteiger charge is -2.37. The van der Waals surface area contributed by atoms with Gasteiger partial charge in [-0.2, -0.15) is 0 Å². The van der Waals surface area contributed by atoms with Gasteiger partial charge in [-0.3, -0.25) is 0 Å². The number of hydrogen-bond donors (Lipinski definition) is 4. The van der Waals surface area contributed by atoms with Gasteiger partial charge in [-0.05, 0) is 19.3 Å². The molecule has 0 aromatic heterocycles. The van der Waals surface area contributed by atoms with Crippen LogP contribution in [0.25, 0.3) is 0 Å². The van der Waals surface area contributed by atoms with Gasteiger partial charge in [0.2, 0.25) is 0 Å². The largest absolute Gasteiger partial charge is 0.396 e. The Balaban J connectivity index is 4.48. The zero-order chi connectivity index (χ0) is 12.7. The van der Waals surface area contributed by atoms with Crippen LogP contribution < -0.4 is 5.32 Å². The van der Waals surface area contributed by atoms with E-state index in [0.29, 0.717) is 13.0 Å². The first-order valence-electron chi connectivity index (χ1n) is 6.15. The smallest absolute Gasteiger partial charge is 0.0645 e. The van der Waals surface area contributed by atoms with E-state index in [9.17, 15) is 15.3 Å². The fourth-order valence-corrected chi connectivity index (χ4v) is 1.66. The molecule has 16 heavy (non-hydrogen) atoms. The molecule has 0 heterocycles. The normalized spacial score (nSPS) is 13.1. The third-order valence-electron chi connectivity index (χ3n) is 3.96. The number of hydrogen-bond acceptors (Lipinski definition) is 4. The van der Waals surface area contributed by atoms with E-state index in [1.807, 2.05) is 20.8 Å². The van der Waals surface area contributed by atoms with Gasteiger partial charge in [0.05, 0.1) is 18.8 Å². The second kappa shape index (κ2) is 7.22. The molecule has 0 fully saturated rings. The molecule has 0 aromatic rings. The molecular weight excluding hydrogens is 206 g/mol. The second-order valence-electron chi connectivity index (χ2n) is 4.67. The van der Waals surface area contributed by atoms with Crippen LogP contribution in [0.2, 0.25) is 0 Å². The van der Waals surface area contributed by atoms with E-state index in [2.05, 4.69) is 5.32 Å². The van der Waals surface area contributed by atoms with Crippen molar-refractivity contribution in [2.75, 3.05) is 26.4 Å². The number of aliphatic hydroxyl groups is 3. The summed E-state index contributed by atoms with van der Waals surface area (Å²) in [6.07, 6.45) is 2.42. The minimum Gasteiger partial charge on any atom is -0.396 e. The predicted octanol–water partition coefficient (Wildman–Crippen LogP) is 0.508. The maximum absolute atomic E-state index is 9.43. The Bertz CT molecular complexity index is 141. The molecule has 0 radical (unpaired) electrons. The minimum absolute atomic E-state index is 0.0884. The number of rotatable bonds is 9. The van der Waals surface area contributed by atoms with Crippen molar-refractivity contribution in [2.45, 2.75) is 45.6 Å². The van der Waals surface area contributed by atoms with Crippen LogP contribution in [0.4, 0.5) is 0 Å². The molecule has 0 bridgehead atoms. The van der Waals surface area contributed by atoms with E-state index >= 15 is 0 Å². The Morgan fingerprint density at radius 1 is 0.812 bits per heavy atom. The zero-order valence-corrected chi connectivity index (χ0v) is 10.8. The molecule has 0 rings (SSSR count). The first-order chi connectivity index (χ1) is 7.57. The summed E-state index contributed by atoms with van der Waals surface area (Å²) in [6.45, 7) is 6.59.